The molecular formula is C11H8BrNO2. The number of carbonyl (C=O) groups excluding carboxylic acids is 1. The van der Waals surface area contributed by atoms with E-state index in [1.54, 1.807) is 18.2 Å². The monoisotopic (exact) mass is 265 g/mol. The Bertz CT molecular complexity index is 446. The van der Waals surface area contributed by atoms with Crippen molar-refractivity contribution in [3.8, 4) is 11.8 Å². The normalized spacial score (nSPS) is 14.4. The van der Waals surface area contributed by atoms with Gasteiger partial charge in [-0.25, -0.2) is 0 Å². The lowest BCUT2D eigenvalue weighted by molar-refractivity contribution is -0.135. The van der Waals surface area contributed by atoms with Gasteiger partial charge in [0.1, 0.15) is 11.8 Å². The highest BCUT2D eigenvalue weighted by Gasteiger charge is 2.31. The Morgan fingerprint density at radius 3 is 2.87 bits per heavy atom. The highest BCUT2D eigenvalue weighted by atomic mass is 79.9. The number of ether oxygens (including phenoxy) is 1. The van der Waals surface area contributed by atoms with E-state index in [2.05, 4.69) is 15.9 Å². The number of carbonyl (C=O) groups is 1. The Labute approximate surface area is 95.8 Å². The third kappa shape index (κ3) is 2.37. The van der Waals surface area contributed by atoms with Crippen molar-refractivity contribution in [2.75, 3.05) is 0 Å². The largest absolute Gasteiger partial charge is 0.426 e. The highest BCUT2D eigenvalue weighted by Crippen LogP contribution is 2.31. The van der Waals surface area contributed by atoms with Crippen molar-refractivity contribution < 1.29 is 9.53 Å². The molecular weight excluding hydrogens is 258 g/mol. The molecule has 0 aliphatic heterocycles. The van der Waals surface area contributed by atoms with Gasteiger partial charge in [0.15, 0.2) is 0 Å². The van der Waals surface area contributed by atoms with Crippen LogP contribution >= 0.6 is 15.9 Å². The SMILES string of the molecule is N#Cc1cc(OC(=O)C2CC2)ccc1Br. The Hall–Kier alpha value is -1.34. The highest BCUT2D eigenvalue weighted by molar-refractivity contribution is 9.10. The van der Waals surface area contributed by atoms with Crippen LogP contribution in [0.4, 0.5) is 0 Å². The molecule has 0 bridgehead atoms. The van der Waals surface area contributed by atoms with Crippen molar-refractivity contribution in [1.29, 1.82) is 5.26 Å². The molecule has 1 aliphatic carbocycles. The first-order valence-corrected chi connectivity index (χ1v) is 5.41. The van der Waals surface area contributed by atoms with Gasteiger partial charge < -0.3 is 4.74 Å². The van der Waals surface area contributed by atoms with Gasteiger partial charge in [-0.05, 0) is 47.0 Å². The summed E-state index contributed by atoms with van der Waals surface area (Å²) in [4.78, 5) is 11.3. The molecule has 0 spiro atoms. The number of halogens is 1. The summed E-state index contributed by atoms with van der Waals surface area (Å²) >= 11 is 3.24. The smallest absolute Gasteiger partial charge is 0.314 e. The van der Waals surface area contributed by atoms with E-state index >= 15 is 0 Å². The van der Waals surface area contributed by atoms with Gasteiger partial charge in [0, 0.05) is 4.47 Å². The van der Waals surface area contributed by atoms with Crippen molar-refractivity contribution in [3.63, 3.8) is 0 Å². The topological polar surface area (TPSA) is 50.1 Å². The molecule has 0 aromatic heterocycles. The minimum Gasteiger partial charge on any atom is -0.426 e. The molecule has 1 saturated carbocycles. The van der Waals surface area contributed by atoms with Crippen LogP contribution in [0, 0.1) is 17.2 Å². The maximum absolute atomic E-state index is 11.3. The van der Waals surface area contributed by atoms with Crippen LogP contribution in [-0.4, -0.2) is 5.97 Å². The molecule has 15 heavy (non-hydrogen) atoms. The van der Waals surface area contributed by atoms with Crippen molar-refractivity contribution in [1.82, 2.24) is 0 Å². The predicted molar refractivity (Wildman–Crippen MR) is 57.2 cm³/mol. The summed E-state index contributed by atoms with van der Waals surface area (Å²) in [6, 6.07) is 6.95. The average Bonchev–Trinajstić information content (AvgIpc) is 3.04. The predicted octanol–water partition coefficient (Wildman–Crippen LogP) is 2.64. The third-order valence-corrected chi connectivity index (χ3v) is 2.88. The quantitative estimate of drug-likeness (QED) is 0.610. The van der Waals surface area contributed by atoms with E-state index in [0.717, 1.165) is 12.8 Å². The van der Waals surface area contributed by atoms with Crippen LogP contribution in [0.3, 0.4) is 0 Å². The summed E-state index contributed by atoms with van der Waals surface area (Å²) in [5.74, 6) is 0.312. The fourth-order valence-electron chi connectivity index (χ4n) is 1.17. The van der Waals surface area contributed by atoms with Crippen LogP contribution in [0.25, 0.3) is 0 Å². The Kier molecular flexibility index (Phi) is 2.74. The summed E-state index contributed by atoms with van der Waals surface area (Å²) < 4.78 is 5.83. The molecule has 0 amide bonds. The van der Waals surface area contributed by atoms with Gasteiger partial charge >= 0.3 is 5.97 Å². The lowest BCUT2D eigenvalue weighted by Crippen LogP contribution is -2.09. The summed E-state index contributed by atoms with van der Waals surface area (Å²) in [6.45, 7) is 0. The number of nitriles is 1. The second kappa shape index (κ2) is 4.03. The second-order valence-corrected chi connectivity index (χ2v) is 4.30. The minimum atomic E-state index is -0.193. The molecule has 0 radical (unpaired) electrons. The second-order valence-electron chi connectivity index (χ2n) is 3.45. The molecule has 0 saturated heterocycles. The van der Waals surface area contributed by atoms with E-state index in [0.29, 0.717) is 15.8 Å². The molecule has 76 valence electrons. The number of rotatable bonds is 2. The van der Waals surface area contributed by atoms with Crippen LogP contribution in [0.15, 0.2) is 22.7 Å². The van der Waals surface area contributed by atoms with Crippen LogP contribution in [0.1, 0.15) is 18.4 Å². The third-order valence-electron chi connectivity index (χ3n) is 2.19. The molecule has 1 aromatic carbocycles. The number of esters is 1. The summed E-state index contributed by atoms with van der Waals surface area (Å²) in [7, 11) is 0. The Morgan fingerprint density at radius 2 is 2.27 bits per heavy atom. The first-order chi connectivity index (χ1) is 7.20. The molecule has 0 unspecified atom stereocenters. The number of nitrogens with zero attached hydrogens (tertiary/aromatic N) is 1. The molecule has 0 atom stereocenters. The van der Waals surface area contributed by atoms with E-state index in [1.807, 2.05) is 6.07 Å². The molecule has 1 aromatic rings. The van der Waals surface area contributed by atoms with Gasteiger partial charge in [-0.1, -0.05) is 0 Å². The maximum Gasteiger partial charge on any atom is 0.314 e. The number of hydrogen-bond donors (Lipinski definition) is 0. The Morgan fingerprint density at radius 1 is 1.53 bits per heavy atom. The van der Waals surface area contributed by atoms with Gasteiger partial charge in [-0.2, -0.15) is 5.26 Å². The van der Waals surface area contributed by atoms with E-state index in [4.69, 9.17) is 10.00 Å². The van der Waals surface area contributed by atoms with Crippen LogP contribution in [-0.2, 0) is 4.79 Å². The lowest BCUT2D eigenvalue weighted by Gasteiger charge is -2.03. The molecule has 3 nitrogen and oxygen atoms in total. The van der Waals surface area contributed by atoms with Crippen molar-refractivity contribution in [3.05, 3.63) is 28.2 Å². The first-order valence-electron chi connectivity index (χ1n) is 4.62. The molecule has 0 heterocycles. The van der Waals surface area contributed by atoms with E-state index in [-0.39, 0.29) is 11.9 Å². The zero-order valence-corrected chi connectivity index (χ0v) is 9.45. The van der Waals surface area contributed by atoms with Gasteiger partial charge in [0.25, 0.3) is 0 Å². The molecule has 1 fully saturated rings. The van der Waals surface area contributed by atoms with Crippen molar-refractivity contribution >= 4 is 21.9 Å². The standard InChI is InChI=1S/C11H8BrNO2/c12-10-4-3-9(5-8(10)6-13)15-11(14)7-1-2-7/h3-5,7H,1-2H2. The zero-order valence-electron chi connectivity index (χ0n) is 7.87. The van der Waals surface area contributed by atoms with Gasteiger partial charge in [-0.15, -0.1) is 0 Å². The van der Waals surface area contributed by atoms with E-state index in [9.17, 15) is 4.79 Å². The van der Waals surface area contributed by atoms with Crippen LogP contribution < -0.4 is 4.74 Å². The van der Waals surface area contributed by atoms with Crippen LogP contribution in [0.5, 0.6) is 5.75 Å². The Balaban J connectivity index is 2.15. The van der Waals surface area contributed by atoms with Gasteiger partial charge in [0.2, 0.25) is 0 Å². The fraction of sp³-hybridized carbons (Fsp3) is 0.273. The minimum absolute atomic E-state index is 0.0687. The summed E-state index contributed by atoms with van der Waals surface area (Å²) in [5, 5.41) is 8.78. The molecule has 2 rings (SSSR count). The van der Waals surface area contributed by atoms with Gasteiger partial charge in [-0.3, -0.25) is 4.79 Å². The van der Waals surface area contributed by atoms with Gasteiger partial charge in [0.05, 0.1) is 11.5 Å². The molecule has 1 aliphatic rings. The summed E-state index contributed by atoms with van der Waals surface area (Å²) in [6.07, 6.45) is 1.83. The molecule has 0 N–H and O–H groups in total. The van der Waals surface area contributed by atoms with E-state index in [1.165, 1.54) is 0 Å². The fourth-order valence-corrected chi connectivity index (χ4v) is 1.51. The maximum atomic E-state index is 11.3. The first kappa shape index (κ1) is 10.2. The van der Waals surface area contributed by atoms with E-state index < -0.39 is 0 Å². The average molecular weight is 266 g/mol. The zero-order chi connectivity index (χ0) is 10.8. The number of benzene rings is 1. The number of hydrogen-bond acceptors (Lipinski definition) is 3. The summed E-state index contributed by atoms with van der Waals surface area (Å²) in [5.41, 5.74) is 0.469. The van der Waals surface area contributed by atoms with Crippen LogP contribution in [0.2, 0.25) is 0 Å². The molecule has 4 heteroatoms. The van der Waals surface area contributed by atoms with Crippen molar-refractivity contribution in [2.45, 2.75) is 12.8 Å². The lowest BCUT2D eigenvalue weighted by atomic mass is 10.2. The van der Waals surface area contributed by atoms with Crippen molar-refractivity contribution in [2.24, 2.45) is 5.92 Å².